The van der Waals surface area contributed by atoms with Gasteiger partial charge in [0.1, 0.15) is 5.78 Å². The molecule has 1 heterocycles. The van der Waals surface area contributed by atoms with Gasteiger partial charge in [-0.15, -0.1) is 0 Å². The van der Waals surface area contributed by atoms with Gasteiger partial charge in [-0.2, -0.15) is 0 Å². The number of aromatic nitrogens is 1. The summed E-state index contributed by atoms with van der Waals surface area (Å²) >= 11 is 0. The topological polar surface area (TPSA) is 73.0 Å². The van der Waals surface area contributed by atoms with Crippen LogP contribution in [-0.2, 0) is 16.0 Å². The number of ketones is 2. The summed E-state index contributed by atoms with van der Waals surface area (Å²) in [5.74, 6) is 0.973. The molecule has 2 rings (SSSR count). The number of carbonyl (C=O) groups excluding carboxylic acids is 2. The summed E-state index contributed by atoms with van der Waals surface area (Å²) in [6, 6.07) is 2.06. The van der Waals surface area contributed by atoms with Crippen molar-refractivity contribution in [3.8, 4) is 0 Å². The summed E-state index contributed by atoms with van der Waals surface area (Å²) < 4.78 is 0. The minimum atomic E-state index is -0.0583. The Morgan fingerprint density at radius 2 is 1.94 bits per heavy atom. The van der Waals surface area contributed by atoms with Gasteiger partial charge in [-0.3, -0.25) is 14.6 Å². The summed E-state index contributed by atoms with van der Waals surface area (Å²) in [6.45, 7) is 17.9. The summed E-state index contributed by atoms with van der Waals surface area (Å²) in [5.41, 5.74) is 11.9. The zero-order valence-corrected chi connectivity index (χ0v) is 22.1. The first-order chi connectivity index (χ1) is 16.0. The smallest absolute Gasteiger partial charge is 0.162 e. The van der Waals surface area contributed by atoms with E-state index in [1.54, 1.807) is 13.1 Å². The molecule has 0 aliphatic heterocycles. The van der Waals surface area contributed by atoms with Crippen LogP contribution in [-0.4, -0.2) is 16.6 Å². The molecular weight excluding hydrogens is 420 g/mol. The van der Waals surface area contributed by atoms with E-state index in [9.17, 15) is 9.59 Å². The van der Waals surface area contributed by atoms with Gasteiger partial charge in [0.25, 0.3) is 0 Å². The molecule has 3 atom stereocenters. The van der Waals surface area contributed by atoms with E-state index < -0.39 is 0 Å². The van der Waals surface area contributed by atoms with Gasteiger partial charge in [-0.25, -0.2) is 0 Å². The van der Waals surface area contributed by atoms with Crippen LogP contribution < -0.4 is 5.73 Å². The molecule has 0 bridgehead atoms. The number of rotatable bonds is 10. The van der Waals surface area contributed by atoms with E-state index in [2.05, 4.69) is 45.6 Å². The van der Waals surface area contributed by atoms with Crippen molar-refractivity contribution >= 4 is 22.7 Å². The lowest BCUT2D eigenvalue weighted by molar-refractivity contribution is -0.127. The number of aryl methyl sites for hydroxylation is 1. The average molecular weight is 463 g/mol. The van der Waals surface area contributed by atoms with Crippen LogP contribution in [0.15, 0.2) is 48.3 Å². The Labute approximate surface area is 206 Å². The van der Waals surface area contributed by atoms with Gasteiger partial charge in [0.15, 0.2) is 5.78 Å². The van der Waals surface area contributed by atoms with Gasteiger partial charge in [-0.1, -0.05) is 65.8 Å². The number of hydrogen-bond donors (Lipinski definition) is 1. The van der Waals surface area contributed by atoms with Crippen molar-refractivity contribution in [3.63, 3.8) is 0 Å². The number of fused-ring (bicyclic) bond motifs is 1. The van der Waals surface area contributed by atoms with Crippen molar-refractivity contribution in [1.82, 2.24) is 4.98 Å². The lowest BCUT2D eigenvalue weighted by Crippen LogP contribution is -2.25. The van der Waals surface area contributed by atoms with E-state index in [0.717, 1.165) is 47.2 Å². The third kappa shape index (κ3) is 6.43. The highest BCUT2D eigenvalue weighted by molar-refractivity contribution is 6.20. The normalized spacial score (nSPS) is 18.9. The average Bonchev–Trinajstić information content (AvgIpc) is 2.94. The van der Waals surface area contributed by atoms with Crippen LogP contribution in [0.25, 0.3) is 11.1 Å². The Hall–Kier alpha value is -2.75. The first-order valence-electron chi connectivity index (χ1n) is 12.6. The molecule has 2 N–H and O–H groups in total. The number of pyridine rings is 1. The Kier molecular flexibility index (Phi) is 9.78. The maximum Gasteiger partial charge on any atom is 0.162 e. The molecule has 1 aromatic heterocycles. The quantitative estimate of drug-likeness (QED) is 0.309. The fourth-order valence-corrected chi connectivity index (χ4v) is 4.75. The number of carbonyl (C=O) groups is 2. The van der Waals surface area contributed by atoms with Gasteiger partial charge in [-0.05, 0) is 62.1 Å². The Balaban J connectivity index is 2.54. The predicted octanol–water partition coefficient (Wildman–Crippen LogP) is 6.72. The standard InChI is InChI=1S/C30H42N2O2/c1-9-20(6)26(30(34)18(3)4)14-13-23(10-2)27-15-19(5)11-12-24-16-25(17-32-29(24)27)28(21(7)31)22(8)33/h10,13,15-20,26H,2,9,11-12,14,31H2,1,3-8H3/b23-13+,28-21?. The SMILES string of the molecule is C=C/C(=C\CC(C(=O)C(C)C)C(C)CC)C1=CC(C)CCc2cc(C(C(C)=O)=C(C)N)cnc21. The van der Waals surface area contributed by atoms with Crippen LogP contribution >= 0.6 is 0 Å². The van der Waals surface area contributed by atoms with Gasteiger partial charge < -0.3 is 5.73 Å². The zero-order valence-electron chi connectivity index (χ0n) is 22.1. The van der Waals surface area contributed by atoms with E-state index in [1.165, 1.54) is 6.92 Å². The summed E-state index contributed by atoms with van der Waals surface area (Å²) in [7, 11) is 0. The summed E-state index contributed by atoms with van der Waals surface area (Å²) in [6.07, 6.45) is 11.6. The second-order valence-electron chi connectivity index (χ2n) is 10.1. The third-order valence-electron chi connectivity index (χ3n) is 6.96. The molecule has 0 amide bonds. The van der Waals surface area contributed by atoms with Crippen molar-refractivity contribution < 1.29 is 9.59 Å². The maximum absolute atomic E-state index is 12.9. The molecule has 1 aromatic rings. The number of Topliss-reactive ketones (excluding diaryl/α,β-unsaturated/α-hetero) is 2. The molecule has 4 nitrogen and oxygen atoms in total. The lowest BCUT2D eigenvalue weighted by Gasteiger charge is -2.23. The van der Waals surface area contributed by atoms with Crippen LogP contribution in [0.1, 0.15) is 84.5 Å². The molecule has 184 valence electrons. The Morgan fingerprint density at radius 1 is 1.26 bits per heavy atom. The highest BCUT2D eigenvalue weighted by Crippen LogP contribution is 2.35. The largest absolute Gasteiger partial charge is 0.402 e. The van der Waals surface area contributed by atoms with E-state index in [4.69, 9.17) is 10.7 Å². The fraction of sp³-hybridized carbons (Fsp3) is 0.500. The molecule has 1 aliphatic carbocycles. The van der Waals surface area contributed by atoms with Crippen molar-refractivity contribution in [2.45, 2.75) is 74.1 Å². The van der Waals surface area contributed by atoms with Gasteiger partial charge in [0, 0.05) is 40.4 Å². The molecule has 34 heavy (non-hydrogen) atoms. The summed E-state index contributed by atoms with van der Waals surface area (Å²) in [4.78, 5) is 29.9. The van der Waals surface area contributed by atoms with Gasteiger partial charge >= 0.3 is 0 Å². The van der Waals surface area contributed by atoms with E-state index >= 15 is 0 Å². The zero-order chi connectivity index (χ0) is 25.6. The van der Waals surface area contributed by atoms with Gasteiger partial charge in [0.05, 0.1) is 5.69 Å². The van der Waals surface area contributed by atoms with E-state index in [-0.39, 0.29) is 17.6 Å². The van der Waals surface area contributed by atoms with Gasteiger partial charge in [0.2, 0.25) is 0 Å². The lowest BCUT2D eigenvalue weighted by atomic mass is 9.81. The monoisotopic (exact) mass is 462 g/mol. The first kappa shape index (κ1) is 27.5. The van der Waals surface area contributed by atoms with Crippen LogP contribution in [0.4, 0.5) is 0 Å². The predicted molar refractivity (Wildman–Crippen MR) is 143 cm³/mol. The third-order valence-corrected chi connectivity index (χ3v) is 6.96. The molecule has 4 heteroatoms. The Bertz CT molecular complexity index is 1020. The van der Waals surface area contributed by atoms with Crippen LogP contribution in [0.3, 0.4) is 0 Å². The second-order valence-corrected chi connectivity index (χ2v) is 10.1. The molecule has 0 saturated heterocycles. The molecule has 0 aromatic carbocycles. The minimum Gasteiger partial charge on any atom is -0.402 e. The van der Waals surface area contributed by atoms with Crippen molar-refractivity contribution in [1.29, 1.82) is 0 Å². The number of hydrogen-bond acceptors (Lipinski definition) is 4. The molecule has 3 unspecified atom stereocenters. The van der Waals surface area contributed by atoms with E-state index in [0.29, 0.717) is 35.3 Å². The molecular formula is C30H42N2O2. The van der Waals surface area contributed by atoms with Crippen LogP contribution in [0, 0.1) is 23.7 Å². The molecule has 0 saturated carbocycles. The molecule has 0 radical (unpaired) electrons. The van der Waals surface area contributed by atoms with Crippen LogP contribution in [0.2, 0.25) is 0 Å². The van der Waals surface area contributed by atoms with E-state index in [1.807, 2.05) is 19.9 Å². The molecule has 1 aliphatic rings. The highest BCUT2D eigenvalue weighted by atomic mass is 16.1. The van der Waals surface area contributed by atoms with Crippen molar-refractivity contribution in [3.05, 3.63) is 65.2 Å². The second kappa shape index (κ2) is 12.1. The number of nitrogens with two attached hydrogens (primary N) is 1. The number of nitrogens with zero attached hydrogens (tertiary/aromatic N) is 1. The Morgan fingerprint density at radius 3 is 2.47 bits per heavy atom. The maximum atomic E-state index is 12.9. The minimum absolute atomic E-state index is 0.00523. The van der Waals surface area contributed by atoms with Crippen molar-refractivity contribution in [2.24, 2.45) is 29.4 Å². The molecule has 0 spiro atoms. The first-order valence-corrected chi connectivity index (χ1v) is 12.6. The number of allylic oxidation sites excluding steroid dienone is 7. The van der Waals surface area contributed by atoms with Crippen LogP contribution in [0.5, 0.6) is 0 Å². The fourth-order valence-electron chi connectivity index (χ4n) is 4.75. The highest BCUT2D eigenvalue weighted by Gasteiger charge is 2.26. The molecule has 0 fully saturated rings. The summed E-state index contributed by atoms with van der Waals surface area (Å²) in [5, 5.41) is 0. The van der Waals surface area contributed by atoms with Crippen molar-refractivity contribution in [2.75, 3.05) is 0 Å².